The first kappa shape index (κ1) is 11.6. The van der Waals surface area contributed by atoms with Gasteiger partial charge in [-0.05, 0) is 24.5 Å². The summed E-state index contributed by atoms with van der Waals surface area (Å²) >= 11 is 0. The Balaban J connectivity index is 1.97. The van der Waals surface area contributed by atoms with Crippen molar-refractivity contribution in [2.45, 2.75) is 25.3 Å². The molecule has 0 aliphatic heterocycles. The Morgan fingerprint density at radius 1 is 1.29 bits per heavy atom. The summed E-state index contributed by atoms with van der Waals surface area (Å²) in [6, 6.07) is 8.29. The van der Waals surface area contributed by atoms with Crippen LogP contribution >= 0.6 is 0 Å². The van der Waals surface area contributed by atoms with Crippen LogP contribution in [0.1, 0.15) is 29.6 Å². The zero-order valence-corrected chi connectivity index (χ0v) is 9.56. The molecule has 0 heterocycles. The van der Waals surface area contributed by atoms with Gasteiger partial charge < -0.3 is 11.1 Å². The second-order valence-corrected chi connectivity index (χ2v) is 4.47. The SMILES string of the molecule is NC(=O)[C@@H](CC1CC1)NC(=O)c1ccccc1. The van der Waals surface area contributed by atoms with E-state index >= 15 is 0 Å². The van der Waals surface area contributed by atoms with Crippen molar-refractivity contribution in [2.75, 3.05) is 0 Å². The van der Waals surface area contributed by atoms with Crippen molar-refractivity contribution in [3.63, 3.8) is 0 Å². The van der Waals surface area contributed by atoms with E-state index in [1.165, 1.54) is 0 Å². The van der Waals surface area contributed by atoms with Gasteiger partial charge in [-0.2, -0.15) is 0 Å². The predicted molar refractivity (Wildman–Crippen MR) is 64.2 cm³/mol. The Kier molecular flexibility index (Phi) is 3.42. The maximum atomic E-state index is 11.8. The molecule has 0 unspecified atom stereocenters. The van der Waals surface area contributed by atoms with Crippen molar-refractivity contribution in [3.8, 4) is 0 Å². The minimum Gasteiger partial charge on any atom is -0.368 e. The Morgan fingerprint density at radius 3 is 2.47 bits per heavy atom. The zero-order valence-electron chi connectivity index (χ0n) is 9.56. The molecule has 1 aliphatic rings. The average Bonchev–Trinajstić information content (AvgIpc) is 3.13. The summed E-state index contributed by atoms with van der Waals surface area (Å²) in [5, 5.41) is 2.69. The van der Waals surface area contributed by atoms with E-state index in [4.69, 9.17) is 5.73 Å². The van der Waals surface area contributed by atoms with Crippen LogP contribution in [-0.4, -0.2) is 17.9 Å². The molecule has 17 heavy (non-hydrogen) atoms. The zero-order chi connectivity index (χ0) is 12.3. The summed E-state index contributed by atoms with van der Waals surface area (Å²) in [6.45, 7) is 0. The van der Waals surface area contributed by atoms with E-state index in [-0.39, 0.29) is 5.91 Å². The van der Waals surface area contributed by atoms with Crippen LogP contribution in [0.5, 0.6) is 0 Å². The highest BCUT2D eigenvalue weighted by atomic mass is 16.2. The number of rotatable bonds is 5. The number of carbonyl (C=O) groups is 2. The monoisotopic (exact) mass is 232 g/mol. The molecule has 0 saturated heterocycles. The molecule has 0 aromatic heterocycles. The van der Waals surface area contributed by atoms with Gasteiger partial charge >= 0.3 is 0 Å². The van der Waals surface area contributed by atoms with E-state index in [9.17, 15) is 9.59 Å². The van der Waals surface area contributed by atoms with Gasteiger partial charge in [0.1, 0.15) is 6.04 Å². The molecule has 0 spiro atoms. The number of benzene rings is 1. The molecular formula is C13H16N2O2. The number of nitrogens with one attached hydrogen (secondary N) is 1. The Hall–Kier alpha value is -1.84. The number of hydrogen-bond donors (Lipinski definition) is 2. The summed E-state index contributed by atoms with van der Waals surface area (Å²) in [5.74, 6) is -0.153. The molecule has 3 N–H and O–H groups in total. The van der Waals surface area contributed by atoms with Crippen molar-refractivity contribution < 1.29 is 9.59 Å². The molecule has 1 saturated carbocycles. The molecule has 4 heteroatoms. The first-order chi connectivity index (χ1) is 8.16. The molecule has 1 aromatic carbocycles. The highest BCUT2D eigenvalue weighted by Gasteiger charge is 2.29. The minimum atomic E-state index is -0.546. The summed E-state index contributed by atoms with van der Waals surface area (Å²) < 4.78 is 0. The molecule has 0 radical (unpaired) electrons. The lowest BCUT2D eigenvalue weighted by Crippen LogP contribution is -2.44. The number of hydrogen-bond acceptors (Lipinski definition) is 2. The predicted octanol–water partition coefficient (Wildman–Crippen LogP) is 1.07. The lowest BCUT2D eigenvalue weighted by Gasteiger charge is -2.14. The quantitative estimate of drug-likeness (QED) is 0.797. The fourth-order valence-electron chi connectivity index (χ4n) is 1.76. The van der Waals surface area contributed by atoms with Gasteiger partial charge in [-0.3, -0.25) is 9.59 Å². The van der Waals surface area contributed by atoms with Crippen LogP contribution in [0.2, 0.25) is 0 Å². The highest BCUT2D eigenvalue weighted by molar-refractivity contribution is 5.97. The lowest BCUT2D eigenvalue weighted by molar-refractivity contribution is -0.120. The second kappa shape index (κ2) is 4.99. The summed E-state index contributed by atoms with van der Waals surface area (Å²) in [6.07, 6.45) is 2.92. The molecule has 90 valence electrons. The molecule has 1 aliphatic carbocycles. The average molecular weight is 232 g/mol. The van der Waals surface area contributed by atoms with Crippen LogP contribution in [0.4, 0.5) is 0 Å². The van der Waals surface area contributed by atoms with E-state index < -0.39 is 11.9 Å². The maximum absolute atomic E-state index is 11.8. The van der Waals surface area contributed by atoms with Gasteiger partial charge in [0.05, 0.1) is 0 Å². The van der Waals surface area contributed by atoms with Crippen LogP contribution in [-0.2, 0) is 4.79 Å². The molecule has 2 amide bonds. The Labute approximate surface area is 100 Å². The smallest absolute Gasteiger partial charge is 0.251 e. The van der Waals surface area contributed by atoms with Crippen molar-refractivity contribution >= 4 is 11.8 Å². The van der Waals surface area contributed by atoms with Crippen LogP contribution in [0.25, 0.3) is 0 Å². The lowest BCUT2D eigenvalue weighted by atomic mass is 10.1. The molecule has 1 atom stereocenters. The molecule has 0 bridgehead atoms. The van der Waals surface area contributed by atoms with Gasteiger partial charge in [-0.1, -0.05) is 31.0 Å². The van der Waals surface area contributed by atoms with E-state index in [2.05, 4.69) is 5.32 Å². The first-order valence-electron chi connectivity index (χ1n) is 5.82. The summed E-state index contributed by atoms with van der Waals surface area (Å²) in [5.41, 5.74) is 5.84. The number of primary amides is 1. The third-order valence-electron chi connectivity index (χ3n) is 2.95. The Bertz CT molecular complexity index is 413. The largest absolute Gasteiger partial charge is 0.368 e. The third kappa shape index (κ3) is 3.31. The van der Waals surface area contributed by atoms with Crippen LogP contribution in [0, 0.1) is 5.92 Å². The second-order valence-electron chi connectivity index (χ2n) is 4.47. The summed E-state index contributed by atoms with van der Waals surface area (Å²) in [4.78, 5) is 23.1. The topological polar surface area (TPSA) is 72.2 Å². The van der Waals surface area contributed by atoms with Crippen molar-refractivity contribution in [1.29, 1.82) is 0 Å². The summed E-state index contributed by atoms with van der Waals surface area (Å²) in [7, 11) is 0. The first-order valence-corrected chi connectivity index (χ1v) is 5.82. The van der Waals surface area contributed by atoms with Gasteiger partial charge in [0.15, 0.2) is 0 Å². The molecule has 2 rings (SSSR count). The van der Waals surface area contributed by atoms with E-state index in [0.717, 1.165) is 12.8 Å². The normalized spacial score (nSPS) is 16.2. The molecule has 4 nitrogen and oxygen atoms in total. The van der Waals surface area contributed by atoms with Crippen molar-refractivity contribution in [3.05, 3.63) is 35.9 Å². The van der Waals surface area contributed by atoms with E-state index in [0.29, 0.717) is 17.9 Å². The van der Waals surface area contributed by atoms with Gasteiger partial charge in [0.2, 0.25) is 5.91 Å². The van der Waals surface area contributed by atoms with E-state index in [1.807, 2.05) is 6.07 Å². The number of amides is 2. The van der Waals surface area contributed by atoms with Gasteiger partial charge in [-0.25, -0.2) is 0 Å². The molecule has 1 fully saturated rings. The molecule has 1 aromatic rings. The number of carbonyl (C=O) groups excluding carboxylic acids is 2. The van der Waals surface area contributed by atoms with E-state index in [1.54, 1.807) is 24.3 Å². The van der Waals surface area contributed by atoms with Gasteiger partial charge in [-0.15, -0.1) is 0 Å². The fraction of sp³-hybridized carbons (Fsp3) is 0.385. The van der Waals surface area contributed by atoms with Crippen LogP contribution in [0.3, 0.4) is 0 Å². The van der Waals surface area contributed by atoms with Gasteiger partial charge in [0, 0.05) is 5.56 Å². The van der Waals surface area contributed by atoms with Crippen LogP contribution < -0.4 is 11.1 Å². The fourth-order valence-corrected chi connectivity index (χ4v) is 1.76. The Morgan fingerprint density at radius 2 is 1.94 bits per heavy atom. The standard InChI is InChI=1S/C13H16N2O2/c14-12(16)11(8-9-6-7-9)15-13(17)10-4-2-1-3-5-10/h1-5,9,11H,6-8H2,(H2,14,16)(H,15,17)/t11-/m1/s1. The van der Waals surface area contributed by atoms with Crippen LogP contribution in [0.15, 0.2) is 30.3 Å². The van der Waals surface area contributed by atoms with Crippen molar-refractivity contribution in [2.24, 2.45) is 11.7 Å². The maximum Gasteiger partial charge on any atom is 0.251 e. The van der Waals surface area contributed by atoms with Gasteiger partial charge in [0.25, 0.3) is 5.91 Å². The molecular weight excluding hydrogens is 216 g/mol. The number of nitrogens with two attached hydrogens (primary N) is 1. The highest BCUT2D eigenvalue weighted by Crippen LogP contribution is 2.33. The third-order valence-corrected chi connectivity index (χ3v) is 2.95. The van der Waals surface area contributed by atoms with Crippen molar-refractivity contribution in [1.82, 2.24) is 5.32 Å². The minimum absolute atomic E-state index is 0.241.